The number of rotatable bonds is 6. The van der Waals surface area contributed by atoms with Crippen LogP contribution in [0.25, 0.3) is 0 Å². The highest BCUT2D eigenvalue weighted by molar-refractivity contribution is 6.05. The van der Waals surface area contributed by atoms with Crippen LogP contribution in [0.5, 0.6) is 0 Å². The van der Waals surface area contributed by atoms with Crippen molar-refractivity contribution in [3.05, 3.63) is 46.1 Å². The maximum absolute atomic E-state index is 11.7. The van der Waals surface area contributed by atoms with Crippen molar-refractivity contribution in [3.8, 4) is 0 Å². The lowest BCUT2D eigenvalue weighted by molar-refractivity contribution is -0.137. The SMILES string of the molecule is CC(C(=O)O)=C(C(=O)O)C1=CC=CCC1(C)C(C(=O)O)=C(C)C(=O)O. The highest BCUT2D eigenvalue weighted by Gasteiger charge is 2.43. The van der Waals surface area contributed by atoms with E-state index in [-0.39, 0.29) is 12.0 Å². The smallest absolute Gasteiger partial charge is 0.336 e. The van der Waals surface area contributed by atoms with Crippen molar-refractivity contribution in [2.45, 2.75) is 27.2 Å². The average molecular weight is 350 g/mol. The first-order valence-electron chi connectivity index (χ1n) is 7.18. The van der Waals surface area contributed by atoms with E-state index in [2.05, 4.69) is 0 Å². The summed E-state index contributed by atoms with van der Waals surface area (Å²) in [5.74, 6) is -5.97. The third kappa shape index (κ3) is 3.68. The predicted octanol–water partition coefficient (Wildman–Crippen LogP) is 1.85. The first kappa shape index (κ1) is 19.9. The summed E-state index contributed by atoms with van der Waals surface area (Å²) in [5, 5.41) is 37.4. The van der Waals surface area contributed by atoms with Crippen molar-refractivity contribution in [2.75, 3.05) is 0 Å². The first-order chi connectivity index (χ1) is 11.4. The second-order valence-electron chi connectivity index (χ2n) is 5.77. The molecule has 4 N–H and O–H groups in total. The Morgan fingerprint density at radius 2 is 1.40 bits per heavy atom. The van der Waals surface area contributed by atoms with E-state index in [1.54, 1.807) is 6.08 Å². The Morgan fingerprint density at radius 1 is 0.880 bits per heavy atom. The molecule has 25 heavy (non-hydrogen) atoms. The van der Waals surface area contributed by atoms with Crippen molar-refractivity contribution in [3.63, 3.8) is 0 Å². The van der Waals surface area contributed by atoms with Gasteiger partial charge in [-0.3, -0.25) is 0 Å². The summed E-state index contributed by atoms with van der Waals surface area (Å²) >= 11 is 0. The number of carboxylic acids is 4. The van der Waals surface area contributed by atoms with Gasteiger partial charge in [-0.2, -0.15) is 0 Å². The van der Waals surface area contributed by atoms with Crippen molar-refractivity contribution >= 4 is 23.9 Å². The lowest BCUT2D eigenvalue weighted by Crippen LogP contribution is -2.33. The van der Waals surface area contributed by atoms with Crippen molar-refractivity contribution < 1.29 is 39.6 Å². The third-order valence-electron chi connectivity index (χ3n) is 4.16. The number of carbonyl (C=O) groups is 4. The largest absolute Gasteiger partial charge is 0.478 e. The fourth-order valence-corrected chi connectivity index (χ4v) is 2.86. The van der Waals surface area contributed by atoms with Gasteiger partial charge in [0.1, 0.15) is 0 Å². The number of hydrogen-bond acceptors (Lipinski definition) is 4. The molecule has 0 aromatic rings. The van der Waals surface area contributed by atoms with Gasteiger partial charge in [-0.1, -0.05) is 25.2 Å². The molecule has 0 spiro atoms. The molecular weight excluding hydrogens is 332 g/mol. The fourth-order valence-electron chi connectivity index (χ4n) is 2.86. The van der Waals surface area contributed by atoms with E-state index in [1.807, 2.05) is 0 Å². The van der Waals surface area contributed by atoms with E-state index in [9.17, 15) is 34.5 Å². The maximum Gasteiger partial charge on any atom is 0.336 e. The Balaban J connectivity index is 3.86. The van der Waals surface area contributed by atoms with Crippen LogP contribution in [-0.2, 0) is 19.2 Å². The molecule has 0 aliphatic heterocycles. The minimum absolute atomic E-state index is 0.00870. The number of hydrogen-bond donors (Lipinski definition) is 4. The minimum atomic E-state index is -1.54. The average Bonchev–Trinajstić information content (AvgIpc) is 2.48. The molecule has 8 nitrogen and oxygen atoms in total. The van der Waals surface area contributed by atoms with E-state index >= 15 is 0 Å². The lowest BCUT2D eigenvalue weighted by atomic mass is 9.66. The first-order valence-corrected chi connectivity index (χ1v) is 7.18. The summed E-state index contributed by atoms with van der Waals surface area (Å²) in [7, 11) is 0. The Hall–Kier alpha value is -3.16. The van der Waals surface area contributed by atoms with Gasteiger partial charge in [0.2, 0.25) is 0 Å². The van der Waals surface area contributed by atoms with E-state index in [0.717, 1.165) is 13.8 Å². The summed E-state index contributed by atoms with van der Waals surface area (Å²) in [5.41, 5.74) is -3.57. The van der Waals surface area contributed by atoms with Gasteiger partial charge in [0.25, 0.3) is 0 Å². The Morgan fingerprint density at radius 3 is 1.80 bits per heavy atom. The molecule has 0 amide bonds. The number of aliphatic carboxylic acids is 4. The van der Waals surface area contributed by atoms with Gasteiger partial charge in [0, 0.05) is 16.6 Å². The molecular formula is C17H18O8. The van der Waals surface area contributed by atoms with Gasteiger partial charge in [-0.25, -0.2) is 19.2 Å². The zero-order valence-electron chi connectivity index (χ0n) is 13.9. The molecule has 1 aliphatic carbocycles. The van der Waals surface area contributed by atoms with E-state index in [0.29, 0.717) is 0 Å². The molecule has 0 heterocycles. The van der Waals surface area contributed by atoms with E-state index in [1.165, 1.54) is 19.1 Å². The second kappa shape index (κ2) is 7.16. The number of allylic oxidation sites excluding steroid dienone is 3. The molecule has 0 saturated carbocycles. The molecule has 0 aromatic heterocycles. The zero-order valence-corrected chi connectivity index (χ0v) is 13.9. The molecule has 0 saturated heterocycles. The van der Waals surface area contributed by atoms with Crippen LogP contribution in [0, 0.1) is 5.41 Å². The monoisotopic (exact) mass is 350 g/mol. The quantitative estimate of drug-likeness (QED) is 0.530. The normalized spacial score (nSPS) is 21.6. The predicted molar refractivity (Wildman–Crippen MR) is 85.9 cm³/mol. The molecule has 8 heteroatoms. The highest BCUT2D eigenvalue weighted by Crippen LogP contribution is 2.46. The Kier molecular flexibility index (Phi) is 5.70. The summed E-state index contributed by atoms with van der Waals surface area (Å²) in [6.07, 6.45) is 4.36. The van der Waals surface area contributed by atoms with Crippen molar-refractivity contribution in [1.29, 1.82) is 0 Å². The van der Waals surface area contributed by atoms with Crippen LogP contribution in [0.2, 0.25) is 0 Å². The van der Waals surface area contributed by atoms with Gasteiger partial charge in [0.15, 0.2) is 0 Å². The summed E-state index contributed by atoms with van der Waals surface area (Å²) in [6.45, 7) is 3.59. The number of carboxylic acid groups (broad SMARTS) is 4. The molecule has 0 aromatic carbocycles. The van der Waals surface area contributed by atoms with Crippen LogP contribution >= 0.6 is 0 Å². The Labute approximate surface area is 143 Å². The van der Waals surface area contributed by atoms with Crippen LogP contribution in [0.4, 0.5) is 0 Å². The van der Waals surface area contributed by atoms with E-state index in [4.69, 9.17) is 5.11 Å². The highest BCUT2D eigenvalue weighted by atomic mass is 16.4. The van der Waals surface area contributed by atoms with Crippen LogP contribution in [-0.4, -0.2) is 44.3 Å². The van der Waals surface area contributed by atoms with Crippen molar-refractivity contribution in [1.82, 2.24) is 0 Å². The molecule has 1 atom stereocenters. The fraction of sp³-hybridized carbons (Fsp3) is 0.294. The Bertz CT molecular complexity index is 778. The molecule has 0 bridgehead atoms. The van der Waals surface area contributed by atoms with Gasteiger partial charge in [-0.05, 0) is 25.8 Å². The molecule has 0 fully saturated rings. The minimum Gasteiger partial charge on any atom is -0.478 e. The van der Waals surface area contributed by atoms with Crippen LogP contribution in [0.3, 0.4) is 0 Å². The van der Waals surface area contributed by atoms with Crippen LogP contribution in [0.15, 0.2) is 46.1 Å². The van der Waals surface area contributed by atoms with Crippen molar-refractivity contribution in [2.24, 2.45) is 5.41 Å². The topological polar surface area (TPSA) is 149 Å². The molecule has 134 valence electrons. The molecule has 1 rings (SSSR count). The molecule has 1 unspecified atom stereocenters. The second-order valence-corrected chi connectivity index (χ2v) is 5.77. The maximum atomic E-state index is 11.7. The molecule has 1 aliphatic rings. The summed E-state index contributed by atoms with van der Waals surface area (Å²) in [4.78, 5) is 46.0. The third-order valence-corrected chi connectivity index (χ3v) is 4.16. The zero-order chi connectivity index (χ0) is 19.5. The van der Waals surface area contributed by atoms with Crippen LogP contribution in [0.1, 0.15) is 27.2 Å². The van der Waals surface area contributed by atoms with Gasteiger partial charge >= 0.3 is 23.9 Å². The van der Waals surface area contributed by atoms with Gasteiger partial charge in [-0.15, -0.1) is 0 Å². The molecule has 0 radical (unpaired) electrons. The summed E-state index contributed by atoms with van der Waals surface area (Å²) in [6, 6.07) is 0. The lowest BCUT2D eigenvalue weighted by Gasteiger charge is -2.35. The van der Waals surface area contributed by atoms with Gasteiger partial charge in [0.05, 0.1) is 11.1 Å². The standard InChI is InChI=1S/C17H18O8/c1-8(13(18)19)11(15(22)23)10-6-4-5-7-17(10,3)12(16(24)25)9(2)14(20)21/h4-6H,7H2,1-3H3,(H,18,19)(H,20,21)(H,22,23)(H,24,25). The van der Waals surface area contributed by atoms with Gasteiger partial charge < -0.3 is 20.4 Å². The summed E-state index contributed by atoms with van der Waals surface area (Å²) < 4.78 is 0. The van der Waals surface area contributed by atoms with Crippen LogP contribution < -0.4 is 0 Å². The van der Waals surface area contributed by atoms with E-state index < -0.39 is 51.6 Å².